The molecule has 0 fully saturated rings. The first-order chi connectivity index (χ1) is 9.25. The number of aromatic nitrogens is 1. The summed E-state index contributed by atoms with van der Waals surface area (Å²) in [5, 5.41) is 3.45. The van der Waals surface area contributed by atoms with Crippen LogP contribution in [0, 0.1) is 0 Å². The third kappa shape index (κ3) is 4.47. The summed E-state index contributed by atoms with van der Waals surface area (Å²) in [6, 6.07) is 14.6. The van der Waals surface area contributed by atoms with Crippen LogP contribution in [0.25, 0.3) is 0 Å². The Kier molecular flexibility index (Phi) is 5.07. The number of benzene rings is 1. The lowest BCUT2D eigenvalue weighted by Gasteiger charge is -2.14. The molecule has 0 bridgehead atoms. The molecule has 1 N–H and O–H groups in total. The lowest BCUT2D eigenvalue weighted by Crippen LogP contribution is -2.17. The Morgan fingerprint density at radius 2 is 1.68 bits per heavy atom. The van der Waals surface area contributed by atoms with Crippen molar-refractivity contribution in [2.45, 2.75) is 19.6 Å². The van der Waals surface area contributed by atoms with Gasteiger partial charge in [-0.2, -0.15) is 0 Å². The fourth-order valence-corrected chi connectivity index (χ4v) is 2.05. The summed E-state index contributed by atoms with van der Waals surface area (Å²) in [5.74, 6) is 0. The van der Waals surface area contributed by atoms with E-state index < -0.39 is 0 Å². The fourth-order valence-electron chi connectivity index (χ4n) is 2.05. The van der Waals surface area contributed by atoms with Crippen LogP contribution in [-0.2, 0) is 19.6 Å². The van der Waals surface area contributed by atoms with Crippen molar-refractivity contribution in [3.63, 3.8) is 0 Å². The second-order valence-corrected chi connectivity index (χ2v) is 4.93. The predicted octanol–water partition coefficient (Wildman–Crippen LogP) is 2.43. The molecule has 0 radical (unpaired) electrons. The predicted molar refractivity (Wildman–Crippen MR) is 78.6 cm³/mol. The molecule has 3 nitrogen and oxygen atoms in total. The van der Waals surface area contributed by atoms with Crippen molar-refractivity contribution in [1.29, 1.82) is 0 Å². The minimum atomic E-state index is 0.803. The zero-order chi connectivity index (χ0) is 13.5. The average molecular weight is 255 g/mol. The van der Waals surface area contributed by atoms with Gasteiger partial charge in [0.05, 0.1) is 5.69 Å². The zero-order valence-electron chi connectivity index (χ0n) is 11.6. The van der Waals surface area contributed by atoms with Gasteiger partial charge in [-0.05, 0) is 37.4 Å². The van der Waals surface area contributed by atoms with Crippen molar-refractivity contribution in [2.24, 2.45) is 0 Å². The smallest absolute Gasteiger partial charge is 0.0541 e. The molecule has 0 saturated heterocycles. The molecule has 0 saturated carbocycles. The Bertz CT molecular complexity index is 494. The average Bonchev–Trinajstić information content (AvgIpc) is 2.41. The molecule has 100 valence electrons. The van der Waals surface area contributed by atoms with E-state index in [4.69, 9.17) is 0 Å². The van der Waals surface area contributed by atoms with Gasteiger partial charge < -0.3 is 10.2 Å². The van der Waals surface area contributed by atoms with E-state index in [0.29, 0.717) is 0 Å². The molecular formula is C16H21N3. The Morgan fingerprint density at radius 3 is 2.37 bits per heavy atom. The highest BCUT2D eigenvalue weighted by atomic mass is 15.0. The molecule has 1 aromatic carbocycles. The molecule has 0 aliphatic rings. The van der Waals surface area contributed by atoms with E-state index in [-0.39, 0.29) is 0 Å². The van der Waals surface area contributed by atoms with Gasteiger partial charge in [0.25, 0.3) is 0 Å². The maximum absolute atomic E-state index is 4.31. The van der Waals surface area contributed by atoms with E-state index in [1.54, 1.807) is 0 Å². The van der Waals surface area contributed by atoms with Crippen LogP contribution in [0.4, 0.5) is 0 Å². The van der Waals surface area contributed by atoms with E-state index in [1.807, 2.05) is 24.4 Å². The first-order valence-corrected chi connectivity index (χ1v) is 6.58. The third-order valence-electron chi connectivity index (χ3n) is 2.95. The minimum absolute atomic E-state index is 0.803. The molecule has 0 unspecified atom stereocenters. The highest BCUT2D eigenvalue weighted by molar-refractivity contribution is 5.27. The van der Waals surface area contributed by atoms with Crippen LogP contribution in [0.15, 0.2) is 48.7 Å². The maximum atomic E-state index is 4.31. The summed E-state index contributed by atoms with van der Waals surface area (Å²) >= 11 is 0. The Balaban J connectivity index is 1.92. The molecule has 0 amide bonds. The molecule has 0 spiro atoms. The van der Waals surface area contributed by atoms with Crippen molar-refractivity contribution in [3.05, 3.63) is 65.5 Å². The van der Waals surface area contributed by atoms with Crippen LogP contribution < -0.4 is 5.32 Å². The molecule has 19 heavy (non-hydrogen) atoms. The summed E-state index contributed by atoms with van der Waals surface area (Å²) in [5.41, 5.74) is 3.81. The lowest BCUT2D eigenvalue weighted by atomic mass is 10.1. The number of nitrogens with one attached hydrogen (secondary N) is 1. The molecule has 1 heterocycles. The van der Waals surface area contributed by atoms with Gasteiger partial charge >= 0.3 is 0 Å². The molecule has 2 rings (SSSR count). The standard InChI is InChI=1S/C16H21N3/c1-19(2)13-15-8-4-3-7-14(15)11-17-12-16-9-5-6-10-18-16/h3-10,17H,11-13H2,1-2H3. The van der Waals surface area contributed by atoms with Crippen LogP contribution in [0.2, 0.25) is 0 Å². The molecular weight excluding hydrogens is 234 g/mol. The van der Waals surface area contributed by atoms with Crippen LogP contribution in [0.5, 0.6) is 0 Å². The molecule has 1 aromatic heterocycles. The second-order valence-electron chi connectivity index (χ2n) is 4.93. The number of hydrogen-bond acceptors (Lipinski definition) is 3. The first-order valence-electron chi connectivity index (χ1n) is 6.58. The molecule has 2 aromatic rings. The van der Waals surface area contributed by atoms with Crippen LogP contribution in [0.3, 0.4) is 0 Å². The number of pyridine rings is 1. The van der Waals surface area contributed by atoms with E-state index in [2.05, 4.69) is 53.6 Å². The summed E-state index contributed by atoms with van der Waals surface area (Å²) < 4.78 is 0. The lowest BCUT2D eigenvalue weighted by molar-refractivity contribution is 0.400. The van der Waals surface area contributed by atoms with Gasteiger partial charge in [0.1, 0.15) is 0 Å². The van der Waals surface area contributed by atoms with Gasteiger partial charge in [0.2, 0.25) is 0 Å². The highest BCUT2D eigenvalue weighted by Crippen LogP contribution is 2.10. The monoisotopic (exact) mass is 255 g/mol. The number of rotatable bonds is 6. The van der Waals surface area contributed by atoms with Gasteiger partial charge in [0, 0.05) is 25.8 Å². The molecule has 0 aliphatic heterocycles. The SMILES string of the molecule is CN(C)Cc1ccccc1CNCc1ccccn1. The van der Waals surface area contributed by atoms with Crippen LogP contribution >= 0.6 is 0 Å². The summed E-state index contributed by atoms with van der Waals surface area (Å²) in [6.07, 6.45) is 1.83. The van der Waals surface area contributed by atoms with Gasteiger partial charge in [0.15, 0.2) is 0 Å². The fraction of sp³-hybridized carbons (Fsp3) is 0.312. The number of hydrogen-bond donors (Lipinski definition) is 1. The first kappa shape index (κ1) is 13.7. The van der Waals surface area contributed by atoms with Crippen molar-refractivity contribution in [3.8, 4) is 0 Å². The summed E-state index contributed by atoms with van der Waals surface area (Å²) in [6.45, 7) is 2.65. The number of nitrogens with zero attached hydrogens (tertiary/aromatic N) is 2. The minimum Gasteiger partial charge on any atom is -0.307 e. The van der Waals surface area contributed by atoms with E-state index in [9.17, 15) is 0 Å². The van der Waals surface area contributed by atoms with E-state index in [0.717, 1.165) is 25.3 Å². The maximum Gasteiger partial charge on any atom is 0.0541 e. The summed E-state index contributed by atoms with van der Waals surface area (Å²) in [4.78, 5) is 6.50. The Hall–Kier alpha value is -1.71. The Labute approximate surface area is 115 Å². The van der Waals surface area contributed by atoms with Crippen LogP contribution in [0.1, 0.15) is 16.8 Å². The van der Waals surface area contributed by atoms with E-state index in [1.165, 1.54) is 11.1 Å². The largest absolute Gasteiger partial charge is 0.307 e. The molecule has 3 heteroatoms. The van der Waals surface area contributed by atoms with Gasteiger partial charge in [-0.25, -0.2) is 0 Å². The molecule has 0 aliphatic carbocycles. The van der Waals surface area contributed by atoms with Crippen molar-refractivity contribution >= 4 is 0 Å². The van der Waals surface area contributed by atoms with Gasteiger partial charge in [-0.15, -0.1) is 0 Å². The normalized spacial score (nSPS) is 10.9. The third-order valence-corrected chi connectivity index (χ3v) is 2.95. The zero-order valence-corrected chi connectivity index (χ0v) is 11.6. The van der Waals surface area contributed by atoms with Crippen LogP contribution in [-0.4, -0.2) is 24.0 Å². The van der Waals surface area contributed by atoms with Crippen molar-refractivity contribution in [2.75, 3.05) is 14.1 Å². The van der Waals surface area contributed by atoms with E-state index >= 15 is 0 Å². The second kappa shape index (κ2) is 7.02. The topological polar surface area (TPSA) is 28.2 Å². The van der Waals surface area contributed by atoms with Gasteiger partial charge in [-0.1, -0.05) is 30.3 Å². The summed E-state index contributed by atoms with van der Waals surface area (Å²) in [7, 11) is 4.19. The highest BCUT2D eigenvalue weighted by Gasteiger charge is 2.02. The quantitative estimate of drug-likeness (QED) is 0.859. The Morgan fingerprint density at radius 1 is 0.947 bits per heavy atom. The van der Waals surface area contributed by atoms with Crippen molar-refractivity contribution < 1.29 is 0 Å². The van der Waals surface area contributed by atoms with Crippen molar-refractivity contribution in [1.82, 2.24) is 15.2 Å². The van der Waals surface area contributed by atoms with Gasteiger partial charge in [-0.3, -0.25) is 4.98 Å². The molecule has 0 atom stereocenters.